The van der Waals surface area contributed by atoms with Crippen molar-refractivity contribution in [2.45, 2.75) is 26.2 Å². The van der Waals surface area contributed by atoms with Crippen molar-refractivity contribution in [1.82, 2.24) is 0 Å². The third-order valence-electron chi connectivity index (χ3n) is 4.11. The maximum absolute atomic E-state index is 12.2. The fourth-order valence-electron chi connectivity index (χ4n) is 2.47. The molecule has 0 unspecified atom stereocenters. The van der Waals surface area contributed by atoms with Gasteiger partial charge in [-0.25, -0.2) is 4.79 Å². The van der Waals surface area contributed by atoms with Crippen LogP contribution in [0.3, 0.4) is 0 Å². The second kappa shape index (κ2) is 7.99. The lowest BCUT2D eigenvalue weighted by atomic mass is 9.86. The van der Waals surface area contributed by atoms with E-state index in [-0.39, 0.29) is 28.1 Å². The third kappa shape index (κ3) is 4.91. The second-order valence-electron chi connectivity index (χ2n) is 7.07. The number of hydrogen-bond acceptors (Lipinski definition) is 6. The number of hydrogen-bond donors (Lipinski definition) is 1. The molecule has 0 spiro atoms. The zero-order chi connectivity index (χ0) is 20.2. The zero-order valence-electron chi connectivity index (χ0n) is 15.7. The van der Waals surface area contributed by atoms with Crippen molar-refractivity contribution in [3.63, 3.8) is 0 Å². The molecular formula is C20H22N2O5. The van der Waals surface area contributed by atoms with Crippen molar-refractivity contribution in [3.8, 4) is 0 Å². The van der Waals surface area contributed by atoms with Crippen LogP contribution in [-0.2, 0) is 10.2 Å². The molecule has 0 saturated heterocycles. The number of Topliss-reactive ketones (excluding diaryl/α,β-unsaturated/α-hetero) is 1. The third-order valence-corrected chi connectivity index (χ3v) is 4.11. The molecule has 0 heterocycles. The summed E-state index contributed by atoms with van der Waals surface area (Å²) in [5.74, 6) is -1.13. The molecule has 0 saturated carbocycles. The van der Waals surface area contributed by atoms with Gasteiger partial charge < -0.3 is 10.1 Å². The lowest BCUT2D eigenvalue weighted by Gasteiger charge is -2.18. The van der Waals surface area contributed by atoms with E-state index in [4.69, 9.17) is 4.74 Å². The Bertz CT molecular complexity index is 867. The summed E-state index contributed by atoms with van der Waals surface area (Å²) >= 11 is 0. The van der Waals surface area contributed by atoms with Gasteiger partial charge in [0.15, 0.2) is 12.4 Å². The van der Waals surface area contributed by atoms with Crippen LogP contribution in [0.4, 0.5) is 11.4 Å². The van der Waals surface area contributed by atoms with Crippen LogP contribution < -0.4 is 5.32 Å². The van der Waals surface area contributed by atoms with Crippen molar-refractivity contribution < 1.29 is 19.2 Å². The first kappa shape index (κ1) is 20.1. The summed E-state index contributed by atoms with van der Waals surface area (Å²) in [4.78, 5) is 34.8. The SMILES string of the molecule is CNc1ccc(C(=O)OCC(=O)c2ccc(C(C)(C)C)cc2)cc1[N+](=O)[O-]. The average molecular weight is 370 g/mol. The predicted molar refractivity (Wildman–Crippen MR) is 102 cm³/mol. The molecular weight excluding hydrogens is 348 g/mol. The molecule has 0 radical (unpaired) electrons. The molecule has 1 N–H and O–H groups in total. The van der Waals surface area contributed by atoms with E-state index < -0.39 is 17.5 Å². The molecule has 2 aromatic rings. The lowest BCUT2D eigenvalue weighted by Crippen LogP contribution is -2.15. The standard InChI is InChI=1S/C20H22N2O5/c1-20(2,3)15-8-5-13(6-9-15)18(23)12-27-19(24)14-7-10-16(21-4)17(11-14)22(25)26/h5-11,21H,12H2,1-4H3. The maximum Gasteiger partial charge on any atom is 0.338 e. The summed E-state index contributed by atoms with van der Waals surface area (Å²) in [5.41, 5.74) is 1.56. The van der Waals surface area contributed by atoms with Gasteiger partial charge in [-0.3, -0.25) is 14.9 Å². The molecule has 142 valence electrons. The Labute approximate surface area is 157 Å². The maximum atomic E-state index is 12.2. The second-order valence-corrected chi connectivity index (χ2v) is 7.07. The molecule has 2 rings (SSSR count). The van der Waals surface area contributed by atoms with Crippen LogP contribution in [0, 0.1) is 10.1 Å². The topological polar surface area (TPSA) is 98.5 Å². The van der Waals surface area contributed by atoms with Crippen molar-refractivity contribution in [1.29, 1.82) is 0 Å². The van der Waals surface area contributed by atoms with E-state index in [1.165, 1.54) is 12.1 Å². The van der Waals surface area contributed by atoms with E-state index in [9.17, 15) is 19.7 Å². The van der Waals surface area contributed by atoms with Crippen LogP contribution >= 0.6 is 0 Å². The Morgan fingerprint density at radius 3 is 2.19 bits per heavy atom. The molecule has 0 aromatic heterocycles. The number of carbonyl (C=O) groups is 2. The molecule has 0 fully saturated rings. The number of nitrogens with one attached hydrogen (secondary N) is 1. The number of anilines is 1. The molecule has 0 aliphatic carbocycles. The number of esters is 1. The van der Waals surface area contributed by atoms with Crippen LogP contribution in [0.1, 0.15) is 47.1 Å². The Morgan fingerprint density at radius 2 is 1.67 bits per heavy atom. The molecule has 0 aliphatic heterocycles. The van der Waals surface area contributed by atoms with Crippen molar-refractivity contribution >= 4 is 23.1 Å². The van der Waals surface area contributed by atoms with Gasteiger partial charge in [0.2, 0.25) is 0 Å². The first-order valence-electron chi connectivity index (χ1n) is 8.40. The Balaban J connectivity index is 2.06. The fraction of sp³-hybridized carbons (Fsp3) is 0.300. The van der Waals surface area contributed by atoms with Gasteiger partial charge in [0.25, 0.3) is 5.69 Å². The first-order chi connectivity index (χ1) is 12.6. The predicted octanol–water partition coefficient (Wildman–Crippen LogP) is 3.97. The highest BCUT2D eigenvalue weighted by Gasteiger charge is 2.19. The molecule has 7 nitrogen and oxygen atoms in total. The Kier molecular flexibility index (Phi) is 5.95. The number of carbonyl (C=O) groups excluding carboxylic acids is 2. The average Bonchev–Trinajstić information content (AvgIpc) is 2.64. The van der Waals surface area contributed by atoms with Gasteiger partial charge in [0, 0.05) is 18.7 Å². The van der Waals surface area contributed by atoms with Gasteiger partial charge >= 0.3 is 5.97 Å². The van der Waals surface area contributed by atoms with Gasteiger partial charge in [-0.05, 0) is 23.1 Å². The number of ether oxygens (including phenoxy) is 1. The number of rotatable bonds is 6. The Hall–Kier alpha value is -3.22. The summed E-state index contributed by atoms with van der Waals surface area (Å²) in [6, 6.07) is 11.1. The van der Waals surface area contributed by atoms with Gasteiger partial charge in [-0.1, -0.05) is 45.0 Å². The molecule has 0 aliphatic rings. The van der Waals surface area contributed by atoms with Crippen LogP contribution in [-0.4, -0.2) is 30.3 Å². The van der Waals surface area contributed by atoms with E-state index in [0.29, 0.717) is 5.56 Å². The summed E-state index contributed by atoms with van der Waals surface area (Å²) in [6.45, 7) is 5.79. The molecule has 2 aromatic carbocycles. The fourth-order valence-corrected chi connectivity index (χ4v) is 2.47. The van der Waals surface area contributed by atoms with Crippen molar-refractivity contribution in [3.05, 3.63) is 69.3 Å². The summed E-state index contributed by atoms with van der Waals surface area (Å²) < 4.78 is 5.02. The zero-order valence-corrected chi connectivity index (χ0v) is 15.7. The number of nitrogens with zero attached hydrogens (tertiary/aromatic N) is 1. The van der Waals surface area contributed by atoms with Gasteiger partial charge in [-0.2, -0.15) is 0 Å². The summed E-state index contributed by atoms with van der Waals surface area (Å²) in [6.07, 6.45) is 0. The van der Waals surface area contributed by atoms with Gasteiger partial charge in [-0.15, -0.1) is 0 Å². The molecule has 0 bridgehead atoms. The summed E-state index contributed by atoms with van der Waals surface area (Å²) in [7, 11) is 1.55. The smallest absolute Gasteiger partial charge is 0.338 e. The minimum Gasteiger partial charge on any atom is -0.454 e. The largest absolute Gasteiger partial charge is 0.454 e. The van der Waals surface area contributed by atoms with Crippen LogP contribution in [0.15, 0.2) is 42.5 Å². The number of benzene rings is 2. The summed E-state index contributed by atoms with van der Waals surface area (Å²) in [5, 5.41) is 13.7. The highest BCUT2D eigenvalue weighted by atomic mass is 16.6. The molecule has 0 amide bonds. The highest BCUT2D eigenvalue weighted by molar-refractivity contribution is 5.99. The minimum atomic E-state index is -0.791. The quantitative estimate of drug-likeness (QED) is 0.357. The number of ketones is 1. The number of nitro groups is 1. The lowest BCUT2D eigenvalue weighted by molar-refractivity contribution is -0.384. The van der Waals surface area contributed by atoms with Gasteiger partial charge in [0.05, 0.1) is 10.5 Å². The van der Waals surface area contributed by atoms with E-state index in [0.717, 1.165) is 11.6 Å². The van der Waals surface area contributed by atoms with E-state index >= 15 is 0 Å². The highest BCUT2D eigenvalue weighted by Crippen LogP contribution is 2.25. The number of nitro benzene ring substituents is 1. The van der Waals surface area contributed by atoms with Crippen molar-refractivity contribution in [2.24, 2.45) is 0 Å². The van der Waals surface area contributed by atoms with Crippen LogP contribution in [0.5, 0.6) is 0 Å². The monoisotopic (exact) mass is 370 g/mol. The molecule has 27 heavy (non-hydrogen) atoms. The van der Waals surface area contributed by atoms with E-state index in [1.54, 1.807) is 19.2 Å². The van der Waals surface area contributed by atoms with Crippen LogP contribution in [0.2, 0.25) is 0 Å². The van der Waals surface area contributed by atoms with E-state index in [1.807, 2.05) is 12.1 Å². The van der Waals surface area contributed by atoms with Crippen molar-refractivity contribution in [2.75, 3.05) is 19.0 Å². The van der Waals surface area contributed by atoms with Crippen LogP contribution in [0.25, 0.3) is 0 Å². The molecule has 7 heteroatoms. The van der Waals surface area contributed by atoms with Gasteiger partial charge in [0.1, 0.15) is 5.69 Å². The first-order valence-corrected chi connectivity index (χ1v) is 8.40. The normalized spacial score (nSPS) is 11.0. The Morgan fingerprint density at radius 1 is 1.07 bits per heavy atom. The molecule has 0 atom stereocenters. The van der Waals surface area contributed by atoms with E-state index in [2.05, 4.69) is 26.1 Å². The minimum absolute atomic E-state index is 0.0107.